The minimum absolute atomic E-state index is 0.00750. The molecule has 1 heterocycles. The monoisotopic (exact) mass is 330 g/mol. The summed E-state index contributed by atoms with van der Waals surface area (Å²) in [6.45, 7) is 1.51. The van der Waals surface area contributed by atoms with Crippen LogP contribution >= 0.6 is 27.3 Å². The van der Waals surface area contributed by atoms with Gasteiger partial charge in [-0.05, 0) is 46.6 Å². The first kappa shape index (κ1) is 13.4. The molecule has 0 fully saturated rings. The first-order chi connectivity index (χ1) is 8.49. The van der Waals surface area contributed by atoms with Gasteiger partial charge in [-0.2, -0.15) is 0 Å². The standard InChI is InChI=1S/C13H9BrF2OS/c1-7-2-4-9(15)12(13(7)16)10(17)6-8-3-5-11(14)18-8/h2-5H,6H2,1H3. The number of thiophene rings is 1. The highest BCUT2D eigenvalue weighted by Crippen LogP contribution is 2.25. The first-order valence-electron chi connectivity index (χ1n) is 5.21. The van der Waals surface area contributed by atoms with Crippen LogP contribution in [0.4, 0.5) is 8.78 Å². The van der Waals surface area contributed by atoms with Crippen LogP contribution in [0.1, 0.15) is 20.8 Å². The number of Topliss-reactive ketones (excluding diaryl/α,β-unsaturated/α-hetero) is 1. The van der Waals surface area contributed by atoms with Crippen LogP contribution in [-0.2, 0) is 6.42 Å². The number of hydrogen-bond donors (Lipinski definition) is 0. The van der Waals surface area contributed by atoms with Gasteiger partial charge < -0.3 is 0 Å². The molecule has 0 radical (unpaired) electrons. The molecule has 1 nitrogen and oxygen atoms in total. The molecule has 0 saturated heterocycles. The summed E-state index contributed by atoms with van der Waals surface area (Å²) in [5.74, 6) is -2.11. The Bertz CT molecular complexity index is 607. The molecule has 0 aliphatic carbocycles. The van der Waals surface area contributed by atoms with E-state index in [0.717, 1.165) is 14.7 Å². The molecule has 18 heavy (non-hydrogen) atoms. The SMILES string of the molecule is Cc1ccc(F)c(C(=O)Cc2ccc(Br)s2)c1F. The van der Waals surface area contributed by atoms with Crippen molar-refractivity contribution in [2.45, 2.75) is 13.3 Å². The highest BCUT2D eigenvalue weighted by Gasteiger charge is 2.19. The third-order valence-electron chi connectivity index (χ3n) is 2.53. The number of aryl methyl sites for hydroxylation is 1. The van der Waals surface area contributed by atoms with Crippen LogP contribution in [0, 0.1) is 18.6 Å². The van der Waals surface area contributed by atoms with Crippen LogP contribution in [0.5, 0.6) is 0 Å². The van der Waals surface area contributed by atoms with Crippen LogP contribution in [-0.4, -0.2) is 5.78 Å². The van der Waals surface area contributed by atoms with E-state index in [9.17, 15) is 13.6 Å². The summed E-state index contributed by atoms with van der Waals surface area (Å²) in [7, 11) is 0. The van der Waals surface area contributed by atoms with Gasteiger partial charge in [0.1, 0.15) is 11.6 Å². The van der Waals surface area contributed by atoms with E-state index in [-0.39, 0.29) is 12.0 Å². The second-order valence-corrected chi connectivity index (χ2v) is 6.41. The molecular weight excluding hydrogens is 322 g/mol. The van der Waals surface area contributed by atoms with Crippen molar-refractivity contribution < 1.29 is 13.6 Å². The molecule has 0 bridgehead atoms. The Kier molecular flexibility index (Phi) is 3.92. The Morgan fingerprint density at radius 2 is 2.00 bits per heavy atom. The van der Waals surface area contributed by atoms with Crippen molar-refractivity contribution in [3.05, 3.63) is 55.7 Å². The maximum Gasteiger partial charge on any atom is 0.173 e. The van der Waals surface area contributed by atoms with Crippen molar-refractivity contribution in [3.63, 3.8) is 0 Å². The van der Waals surface area contributed by atoms with Gasteiger partial charge >= 0.3 is 0 Å². The fraction of sp³-hybridized carbons (Fsp3) is 0.154. The Balaban J connectivity index is 2.32. The summed E-state index contributed by atoms with van der Waals surface area (Å²) in [5.41, 5.74) is -0.174. The van der Waals surface area contributed by atoms with Gasteiger partial charge in [0.15, 0.2) is 5.78 Å². The normalized spacial score (nSPS) is 10.7. The molecule has 2 aromatic rings. The zero-order chi connectivity index (χ0) is 13.3. The maximum absolute atomic E-state index is 13.8. The number of ketones is 1. The molecule has 94 valence electrons. The third-order valence-corrected chi connectivity index (χ3v) is 4.15. The van der Waals surface area contributed by atoms with E-state index in [1.165, 1.54) is 24.3 Å². The third kappa shape index (κ3) is 2.67. The van der Waals surface area contributed by atoms with Gasteiger partial charge in [0, 0.05) is 11.3 Å². The molecule has 0 atom stereocenters. The van der Waals surface area contributed by atoms with Gasteiger partial charge in [0.2, 0.25) is 0 Å². The lowest BCUT2D eigenvalue weighted by Gasteiger charge is -2.05. The highest BCUT2D eigenvalue weighted by atomic mass is 79.9. The molecule has 0 unspecified atom stereocenters. The van der Waals surface area contributed by atoms with Gasteiger partial charge in [0.05, 0.1) is 9.35 Å². The highest BCUT2D eigenvalue weighted by molar-refractivity contribution is 9.11. The maximum atomic E-state index is 13.8. The number of carbonyl (C=O) groups excluding carboxylic acids is 1. The average Bonchev–Trinajstić information content (AvgIpc) is 2.70. The topological polar surface area (TPSA) is 17.1 Å². The largest absolute Gasteiger partial charge is 0.294 e. The summed E-state index contributed by atoms with van der Waals surface area (Å²) >= 11 is 4.66. The molecule has 1 aromatic heterocycles. The summed E-state index contributed by atoms with van der Waals surface area (Å²) < 4.78 is 28.2. The molecule has 0 amide bonds. The second kappa shape index (κ2) is 5.28. The van der Waals surface area contributed by atoms with Crippen LogP contribution in [0.25, 0.3) is 0 Å². The first-order valence-corrected chi connectivity index (χ1v) is 6.82. The van der Waals surface area contributed by atoms with Crippen molar-refractivity contribution in [2.24, 2.45) is 0 Å². The lowest BCUT2D eigenvalue weighted by molar-refractivity contribution is 0.0985. The lowest BCUT2D eigenvalue weighted by Crippen LogP contribution is -2.09. The Hall–Kier alpha value is -1.07. The Morgan fingerprint density at radius 3 is 2.61 bits per heavy atom. The zero-order valence-corrected chi connectivity index (χ0v) is 11.9. The minimum atomic E-state index is -0.807. The summed E-state index contributed by atoms with van der Waals surface area (Å²) in [5, 5.41) is 0. The Morgan fingerprint density at radius 1 is 1.28 bits per heavy atom. The predicted octanol–water partition coefficient (Wildman–Crippen LogP) is 4.52. The minimum Gasteiger partial charge on any atom is -0.294 e. The van der Waals surface area contributed by atoms with Crippen molar-refractivity contribution >= 4 is 33.0 Å². The van der Waals surface area contributed by atoms with Crippen molar-refractivity contribution in [1.29, 1.82) is 0 Å². The second-order valence-electron chi connectivity index (χ2n) is 3.86. The fourth-order valence-electron chi connectivity index (χ4n) is 1.61. The van der Waals surface area contributed by atoms with Gasteiger partial charge in [0.25, 0.3) is 0 Å². The van der Waals surface area contributed by atoms with Crippen molar-refractivity contribution in [3.8, 4) is 0 Å². The summed E-state index contributed by atoms with van der Waals surface area (Å²) in [6.07, 6.45) is 0.00750. The van der Waals surface area contributed by atoms with Crippen molar-refractivity contribution in [1.82, 2.24) is 0 Å². The molecule has 1 aromatic carbocycles. The molecule has 2 rings (SSSR count). The van der Waals surface area contributed by atoms with Gasteiger partial charge in [-0.25, -0.2) is 8.78 Å². The van der Waals surface area contributed by atoms with E-state index >= 15 is 0 Å². The van der Waals surface area contributed by atoms with Crippen LogP contribution in [0.15, 0.2) is 28.1 Å². The Labute approximate surface area is 116 Å². The van der Waals surface area contributed by atoms with E-state index in [1.54, 1.807) is 12.1 Å². The molecular formula is C13H9BrF2OS. The molecule has 0 N–H and O–H groups in total. The van der Waals surface area contributed by atoms with Crippen LogP contribution in [0.2, 0.25) is 0 Å². The van der Waals surface area contributed by atoms with Crippen molar-refractivity contribution in [2.75, 3.05) is 0 Å². The van der Waals surface area contributed by atoms with Gasteiger partial charge in [-0.3, -0.25) is 4.79 Å². The van der Waals surface area contributed by atoms with Gasteiger partial charge in [-0.1, -0.05) is 6.07 Å². The number of carbonyl (C=O) groups is 1. The number of benzene rings is 1. The number of halogens is 3. The number of rotatable bonds is 3. The molecule has 5 heteroatoms. The summed E-state index contributed by atoms with van der Waals surface area (Å²) in [4.78, 5) is 12.7. The van der Waals surface area contributed by atoms with E-state index in [0.29, 0.717) is 0 Å². The molecule has 0 spiro atoms. The fourth-order valence-corrected chi connectivity index (χ4v) is 3.09. The lowest BCUT2D eigenvalue weighted by atomic mass is 10.0. The van der Waals surface area contributed by atoms with Gasteiger partial charge in [-0.15, -0.1) is 11.3 Å². The van der Waals surface area contributed by atoms with E-state index in [4.69, 9.17) is 0 Å². The molecule has 0 aliphatic heterocycles. The van der Waals surface area contributed by atoms with E-state index < -0.39 is 23.0 Å². The van der Waals surface area contributed by atoms with E-state index in [1.807, 2.05) is 0 Å². The van der Waals surface area contributed by atoms with Crippen LogP contribution in [0.3, 0.4) is 0 Å². The number of hydrogen-bond acceptors (Lipinski definition) is 2. The molecule has 0 aliphatic rings. The van der Waals surface area contributed by atoms with E-state index in [2.05, 4.69) is 15.9 Å². The average molecular weight is 331 g/mol. The molecule has 0 saturated carbocycles. The smallest absolute Gasteiger partial charge is 0.173 e. The van der Waals surface area contributed by atoms with Crippen LogP contribution < -0.4 is 0 Å². The summed E-state index contributed by atoms with van der Waals surface area (Å²) in [6, 6.07) is 6.01. The zero-order valence-electron chi connectivity index (χ0n) is 9.47. The quantitative estimate of drug-likeness (QED) is 0.756. The predicted molar refractivity (Wildman–Crippen MR) is 71.1 cm³/mol.